The molecule has 0 bridgehead atoms. The molecule has 132 valence electrons. The van der Waals surface area contributed by atoms with Gasteiger partial charge in [-0.2, -0.15) is 0 Å². The van der Waals surface area contributed by atoms with E-state index in [-0.39, 0.29) is 29.6 Å². The first-order valence-electron chi connectivity index (χ1n) is 8.26. The molecule has 2 aromatic carbocycles. The monoisotopic (exact) mass is 342 g/mol. The van der Waals surface area contributed by atoms with E-state index in [4.69, 9.17) is 0 Å². The van der Waals surface area contributed by atoms with Gasteiger partial charge >= 0.3 is 0 Å². The Bertz CT molecular complexity index is 724. The van der Waals surface area contributed by atoms with Crippen molar-refractivity contribution in [3.8, 4) is 0 Å². The van der Waals surface area contributed by atoms with Crippen LogP contribution in [0.3, 0.4) is 0 Å². The van der Waals surface area contributed by atoms with E-state index in [1.165, 1.54) is 19.1 Å². The number of carbonyl (C=O) groups excluding carboxylic acids is 2. The van der Waals surface area contributed by atoms with Gasteiger partial charge in [0.15, 0.2) is 0 Å². The van der Waals surface area contributed by atoms with Crippen LogP contribution in [0.25, 0.3) is 0 Å². The van der Waals surface area contributed by atoms with E-state index in [0.29, 0.717) is 12.1 Å². The molecule has 4 nitrogen and oxygen atoms in total. The molecule has 0 heterocycles. The fourth-order valence-electron chi connectivity index (χ4n) is 2.53. The van der Waals surface area contributed by atoms with E-state index in [2.05, 4.69) is 10.6 Å². The normalized spacial score (nSPS) is 11.9. The largest absolute Gasteiger partial charge is 0.352 e. The molecule has 0 aromatic heterocycles. The predicted octanol–water partition coefficient (Wildman–Crippen LogP) is 3.59. The zero-order valence-electron chi connectivity index (χ0n) is 14.7. The highest BCUT2D eigenvalue weighted by Gasteiger charge is 2.19. The molecule has 0 aliphatic rings. The maximum atomic E-state index is 13.1. The van der Waals surface area contributed by atoms with Crippen molar-refractivity contribution in [2.75, 3.05) is 0 Å². The zero-order valence-corrected chi connectivity index (χ0v) is 14.7. The lowest BCUT2D eigenvalue weighted by Gasteiger charge is -2.23. The maximum Gasteiger partial charge on any atom is 0.251 e. The number of hydrogen-bond donors (Lipinski definition) is 2. The summed E-state index contributed by atoms with van der Waals surface area (Å²) in [5.41, 5.74) is 2.33. The third-order valence-electron chi connectivity index (χ3n) is 3.94. The Morgan fingerprint density at radius 2 is 1.60 bits per heavy atom. The number of rotatable bonds is 6. The van der Waals surface area contributed by atoms with Crippen molar-refractivity contribution in [2.24, 2.45) is 5.92 Å². The Kier molecular flexibility index (Phi) is 6.28. The van der Waals surface area contributed by atoms with Gasteiger partial charge in [0.1, 0.15) is 5.82 Å². The van der Waals surface area contributed by atoms with Gasteiger partial charge in [-0.05, 0) is 41.3 Å². The van der Waals surface area contributed by atoms with Gasteiger partial charge in [-0.15, -0.1) is 0 Å². The number of benzene rings is 2. The number of halogens is 1. The lowest BCUT2D eigenvalue weighted by Crippen LogP contribution is -2.31. The molecule has 2 amide bonds. The molecule has 1 atom stereocenters. The van der Waals surface area contributed by atoms with Crippen molar-refractivity contribution in [2.45, 2.75) is 33.4 Å². The second-order valence-electron chi connectivity index (χ2n) is 6.35. The maximum absolute atomic E-state index is 13.1. The highest BCUT2D eigenvalue weighted by atomic mass is 19.1. The summed E-state index contributed by atoms with van der Waals surface area (Å²) in [7, 11) is 0. The summed E-state index contributed by atoms with van der Waals surface area (Å²) in [6.45, 7) is 5.90. The second kappa shape index (κ2) is 8.42. The third-order valence-corrected chi connectivity index (χ3v) is 3.94. The Hall–Kier alpha value is -2.69. The topological polar surface area (TPSA) is 58.2 Å². The Morgan fingerprint density at radius 3 is 2.12 bits per heavy atom. The van der Waals surface area contributed by atoms with Crippen molar-refractivity contribution in [1.82, 2.24) is 10.6 Å². The first kappa shape index (κ1) is 18.6. The summed E-state index contributed by atoms with van der Waals surface area (Å²) in [5.74, 6) is -0.421. The molecular formula is C20H23FN2O2. The Labute approximate surface area is 147 Å². The summed E-state index contributed by atoms with van der Waals surface area (Å²) < 4.78 is 13.1. The SMILES string of the molecule is CC(=O)NCc1ccc(C(=O)NC(c2ccc(F)cc2)C(C)C)cc1. The second-order valence-corrected chi connectivity index (χ2v) is 6.35. The first-order valence-corrected chi connectivity index (χ1v) is 8.26. The molecule has 5 heteroatoms. The number of nitrogens with one attached hydrogen (secondary N) is 2. The number of carbonyl (C=O) groups is 2. The standard InChI is InChI=1S/C20H23FN2O2/c1-13(2)19(16-8-10-18(21)11-9-16)23-20(25)17-6-4-15(5-7-17)12-22-14(3)24/h4-11,13,19H,12H2,1-3H3,(H,22,24)(H,23,25). The van der Waals surface area contributed by atoms with Gasteiger partial charge in [0.25, 0.3) is 5.91 Å². The van der Waals surface area contributed by atoms with Gasteiger partial charge in [-0.1, -0.05) is 38.1 Å². The molecule has 0 spiro atoms. The molecule has 0 aliphatic carbocycles. The number of hydrogen-bond acceptors (Lipinski definition) is 2. The van der Waals surface area contributed by atoms with E-state index in [1.807, 2.05) is 26.0 Å². The highest BCUT2D eigenvalue weighted by Crippen LogP contribution is 2.22. The van der Waals surface area contributed by atoms with E-state index >= 15 is 0 Å². The van der Waals surface area contributed by atoms with Gasteiger partial charge in [0.2, 0.25) is 5.91 Å². The van der Waals surface area contributed by atoms with Crippen LogP contribution in [0.2, 0.25) is 0 Å². The van der Waals surface area contributed by atoms with Crippen LogP contribution in [0.4, 0.5) is 4.39 Å². The van der Waals surface area contributed by atoms with E-state index in [0.717, 1.165) is 11.1 Å². The molecule has 0 saturated carbocycles. The third kappa shape index (κ3) is 5.41. The lowest BCUT2D eigenvalue weighted by atomic mass is 9.95. The minimum absolute atomic E-state index is 0.0964. The lowest BCUT2D eigenvalue weighted by molar-refractivity contribution is -0.119. The molecule has 1 unspecified atom stereocenters. The average molecular weight is 342 g/mol. The molecule has 0 aliphatic heterocycles. The highest BCUT2D eigenvalue weighted by molar-refractivity contribution is 5.94. The van der Waals surface area contributed by atoms with Crippen LogP contribution >= 0.6 is 0 Å². The van der Waals surface area contributed by atoms with Gasteiger partial charge in [-0.3, -0.25) is 9.59 Å². The molecular weight excluding hydrogens is 319 g/mol. The van der Waals surface area contributed by atoms with Crippen LogP contribution < -0.4 is 10.6 Å². The molecule has 0 radical (unpaired) electrons. The van der Waals surface area contributed by atoms with Crippen molar-refractivity contribution >= 4 is 11.8 Å². The number of amides is 2. The van der Waals surface area contributed by atoms with E-state index in [1.54, 1.807) is 24.3 Å². The first-order chi connectivity index (χ1) is 11.9. The molecule has 2 N–H and O–H groups in total. The fourth-order valence-corrected chi connectivity index (χ4v) is 2.53. The van der Waals surface area contributed by atoms with Crippen LogP contribution in [0, 0.1) is 11.7 Å². The van der Waals surface area contributed by atoms with Crippen molar-refractivity contribution in [1.29, 1.82) is 0 Å². The minimum Gasteiger partial charge on any atom is -0.352 e. The minimum atomic E-state index is -0.299. The van der Waals surface area contributed by atoms with Crippen LogP contribution in [-0.2, 0) is 11.3 Å². The van der Waals surface area contributed by atoms with Gasteiger partial charge in [0.05, 0.1) is 6.04 Å². The van der Waals surface area contributed by atoms with Crippen molar-refractivity contribution in [3.63, 3.8) is 0 Å². The summed E-state index contributed by atoms with van der Waals surface area (Å²) in [6, 6.07) is 13.1. The average Bonchev–Trinajstić information content (AvgIpc) is 2.59. The molecule has 2 rings (SSSR count). The van der Waals surface area contributed by atoms with Crippen LogP contribution in [0.5, 0.6) is 0 Å². The van der Waals surface area contributed by atoms with Crippen molar-refractivity contribution < 1.29 is 14.0 Å². The zero-order chi connectivity index (χ0) is 18.4. The molecule has 0 saturated heterocycles. The fraction of sp³-hybridized carbons (Fsp3) is 0.300. The molecule has 0 fully saturated rings. The van der Waals surface area contributed by atoms with Crippen LogP contribution in [0.1, 0.15) is 48.3 Å². The quantitative estimate of drug-likeness (QED) is 0.843. The van der Waals surface area contributed by atoms with Gasteiger partial charge < -0.3 is 10.6 Å². The Balaban J connectivity index is 2.07. The Morgan fingerprint density at radius 1 is 1.00 bits per heavy atom. The summed E-state index contributed by atoms with van der Waals surface area (Å²) >= 11 is 0. The van der Waals surface area contributed by atoms with E-state index in [9.17, 15) is 14.0 Å². The van der Waals surface area contributed by atoms with Crippen LogP contribution in [-0.4, -0.2) is 11.8 Å². The van der Waals surface area contributed by atoms with Gasteiger partial charge in [0, 0.05) is 19.0 Å². The summed E-state index contributed by atoms with van der Waals surface area (Å²) in [4.78, 5) is 23.5. The van der Waals surface area contributed by atoms with Gasteiger partial charge in [-0.25, -0.2) is 4.39 Å². The van der Waals surface area contributed by atoms with Crippen LogP contribution in [0.15, 0.2) is 48.5 Å². The predicted molar refractivity (Wildman–Crippen MR) is 95.4 cm³/mol. The summed E-state index contributed by atoms with van der Waals surface area (Å²) in [5, 5.41) is 5.72. The smallest absolute Gasteiger partial charge is 0.251 e. The molecule has 25 heavy (non-hydrogen) atoms. The van der Waals surface area contributed by atoms with E-state index < -0.39 is 0 Å². The molecule has 2 aromatic rings. The summed E-state index contributed by atoms with van der Waals surface area (Å²) in [6.07, 6.45) is 0. The van der Waals surface area contributed by atoms with Crippen molar-refractivity contribution in [3.05, 3.63) is 71.0 Å².